The average Bonchev–Trinajstić information content (AvgIpc) is 2.38. The Morgan fingerprint density at radius 2 is 2.11 bits per heavy atom. The Morgan fingerprint density at radius 1 is 1.33 bits per heavy atom. The van der Waals surface area contributed by atoms with Crippen molar-refractivity contribution >= 4 is 11.6 Å². The highest BCUT2D eigenvalue weighted by molar-refractivity contribution is 6.31. The molecular weight excluding hydrogens is 255 g/mol. The third-order valence-corrected chi connectivity index (χ3v) is 3.67. The van der Waals surface area contributed by atoms with Gasteiger partial charge in [-0.3, -0.25) is 0 Å². The molecule has 100 valence electrons. The van der Waals surface area contributed by atoms with Gasteiger partial charge < -0.3 is 15.0 Å². The van der Waals surface area contributed by atoms with Crippen LogP contribution in [0.3, 0.4) is 0 Å². The molecule has 1 aliphatic heterocycles. The smallest absolute Gasteiger partial charge is 0.133 e. The lowest BCUT2D eigenvalue weighted by atomic mass is 10.2. The summed E-state index contributed by atoms with van der Waals surface area (Å²) in [6, 6.07) is 4.84. The van der Waals surface area contributed by atoms with E-state index in [0.29, 0.717) is 17.1 Å². The predicted octanol–water partition coefficient (Wildman–Crippen LogP) is -0.542. The summed E-state index contributed by atoms with van der Waals surface area (Å²) in [5.74, 6) is -0.211. The second kappa shape index (κ2) is 7.04. The number of hydrogen-bond acceptors (Lipinski definition) is 1. The molecule has 1 aromatic carbocycles. The maximum absolute atomic E-state index is 13.5. The van der Waals surface area contributed by atoms with E-state index in [4.69, 9.17) is 16.3 Å². The second-order valence-corrected chi connectivity index (χ2v) is 5.00. The van der Waals surface area contributed by atoms with Crippen molar-refractivity contribution in [3.63, 3.8) is 0 Å². The van der Waals surface area contributed by atoms with Gasteiger partial charge in [0.25, 0.3) is 0 Å². The van der Waals surface area contributed by atoms with Gasteiger partial charge in [0.1, 0.15) is 38.5 Å². The van der Waals surface area contributed by atoms with Crippen LogP contribution in [-0.4, -0.2) is 39.4 Å². The minimum absolute atomic E-state index is 0.211. The molecule has 3 N–H and O–H groups in total. The summed E-state index contributed by atoms with van der Waals surface area (Å²) in [4.78, 5) is 1.57. The van der Waals surface area contributed by atoms with E-state index in [1.165, 1.54) is 6.07 Å². The van der Waals surface area contributed by atoms with E-state index in [2.05, 4.69) is 5.32 Å². The van der Waals surface area contributed by atoms with Crippen LogP contribution in [-0.2, 0) is 11.3 Å². The zero-order valence-corrected chi connectivity index (χ0v) is 11.2. The van der Waals surface area contributed by atoms with E-state index in [-0.39, 0.29) is 5.82 Å². The number of nitrogens with two attached hydrogens (primary N) is 1. The van der Waals surface area contributed by atoms with Crippen LogP contribution in [0.1, 0.15) is 5.56 Å². The van der Waals surface area contributed by atoms with Gasteiger partial charge in [0.2, 0.25) is 0 Å². The monoisotopic (exact) mass is 274 g/mol. The van der Waals surface area contributed by atoms with Crippen LogP contribution in [0.4, 0.5) is 4.39 Å². The Balaban J connectivity index is 1.71. The molecule has 1 saturated heterocycles. The van der Waals surface area contributed by atoms with Crippen LogP contribution in [0.2, 0.25) is 5.02 Å². The van der Waals surface area contributed by atoms with Crippen LogP contribution in [0, 0.1) is 5.82 Å². The van der Waals surface area contributed by atoms with Crippen LogP contribution < -0.4 is 10.2 Å². The molecule has 0 saturated carbocycles. The first kappa shape index (κ1) is 13.7. The highest BCUT2D eigenvalue weighted by Crippen LogP contribution is 2.17. The molecule has 1 fully saturated rings. The maximum Gasteiger partial charge on any atom is 0.133 e. The summed E-state index contributed by atoms with van der Waals surface area (Å²) in [5.41, 5.74) is 0.608. The van der Waals surface area contributed by atoms with Crippen LogP contribution in [0.5, 0.6) is 0 Å². The number of quaternary nitrogens is 2. The molecule has 0 spiro atoms. The fourth-order valence-electron chi connectivity index (χ4n) is 2.19. The lowest BCUT2D eigenvalue weighted by molar-refractivity contribution is -0.920. The predicted molar refractivity (Wildman–Crippen MR) is 68.3 cm³/mol. The topological polar surface area (TPSA) is 30.3 Å². The maximum atomic E-state index is 13.5. The minimum Gasteiger partial charge on any atom is -0.370 e. The van der Waals surface area contributed by atoms with E-state index in [9.17, 15) is 4.39 Å². The van der Waals surface area contributed by atoms with Gasteiger partial charge in [0.05, 0.1) is 23.8 Å². The second-order valence-electron chi connectivity index (χ2n) is 4.59. The van der Waals surface area contributed by atoms with Gasteiger partial charge in [0, 0.05) is 0 Å². The standard InChI is InChI=1S/C13H18ClFN2O/c14-12-2-1-3-13(15)11(12)10-16-4-5-17-6-8-18-9-7-17/h1-3,16H,4-10H2/p+2. The summed E-state index contributed by atoms with van der Waals surface area (Å²) < 4.78 is 18.8. The number of hydrogen-bond donors (Lipinski definition) is 2. The molecule has 0 amide bonds. The third kappa shape index (κ3) is 3.92. The van der Waals surface area contributed by atoms with E-state index < -0.39 is 0 Å². The summed E-state index contributed by atoms with van der Waals surface area (Å²) in [7, 11) is 0. The Labute approximate surface area is 112 Å². The fraction of sp³-hybridized carbons (Fsp3) is 0.538. The number of nitrogens with one attached hydrogen (secondary N) is 1. The number of halogens is 2. The molecule has 2 rings (SSSR count). The zero-order chi connectivity index (χ0) is 12.8. The van der Waals surface area contributed by atoms with Crippen molar-refractivity contribution in [2.75, 3.05) is 39.4 Å². The van der Waals surface area contributed by atoms with E-state index in [0.717, 1.165) is 39.4 Å². The van der Waals surface area contributed by atoms with Crippen molar-refractivity contribution in [3.05, 3.63) is 34.6 Å². The van der Waals surface area contributed by atoms with Crippen LogP contribution in [0.15, 0.2) is 18.2 Å². The van der Waals surface area contributed by atoms with Crippen molar-refractivity contribution in [1.29, 1.82) is 0 Å². The lowest BCUT2D eigenvalue weighted by Gasteiger charge is -2.22. The third-order valence-electron chi connectivity index (χ3n) is 3.31. The molecule has 0 unspecified atom stereocenters. The first-order chi connectivity index (χ1) is 8.77. The quantitative estimate of drug-likeness (QED) is 0.694. The molecule has 0 radical (unpaired) electrons. The molecule has 1 aromatic rings. The summed E-state index contributed by atoms with van der Waals surface area (Å²) in [6.07, 6.45) is 0. The molecule has 0 aliphatic carbocycles. The van der Waals surface area contributed by atoms with E-state index in [1.807, 2.05) is 0 Å². The first-order valence-electron chi connectivity index (χ1n) is 6.43. The molecule has 18 heavy (non-hydrogen) atoms. The number of rotatable bonds is 5. The molecule has 0 atom stereocenters. The van der Waals surface area contributed by atoms with Gasteiger partial charge in [-0.25, -0.2) is 4.39 Å². The highest BCUT2D eigenvalue weighted by Gasteiger charge is 2.14. The molecule has 3 nitrogen and oxygen atoms in total. The van der Waals surface area contributed by atoms with Crippen LogP contribution >= 0.6 is 11.6 Å². The first-order valence-corrected chi connectivity index (χ1v) is 6.81. The SMILES string of the molecule is Fc1cccc(Cl)c1C[NH2+]CC[NH+]1CCOCC1. The summed E-state index contributed by atoms with van der Waals surface area (Å²) in [6.45, 7) is 6.55. The Bertz CT molecular complexity index is 363. The van der Waals surface area contributed by atoms with Crippen molar-refractivity contribution in [2.45, 2.75) is 6.54 Å². The zero-order valence-electron chi connectivity index (χ0n) is 10.4. The molecule has 0 aromatic heterocycles. The fourth-order valence-corrected chi connectivity index (χ4v) is 2.43. The van der Waals surface area contributed by atoms with Crippen LogP contribution in [0.25, 0.3) is 0 Å². The average molecular weight is 275 g/mol. The molecular formula is C13H20ClFN2O+2. The van der Waals surface area contributed by atoms with Gasteiger partial charge in [-0.05, 0) is 12.1 Å². The minimum atomic E-state index is -0.211. The van der Waals surface area contributed by atoms with Crippen molar-refractivity contribution < 1.29 is 19.3 Å². The van der Waals surface area contributed by atoms with Gasteiger partial charge in [-0.2, -0.15) is 0 Å². The number of ether oxygens (including phenoxy) is 1. The molecule has 1 heterocycles. The Kier molecular flexibility index (Phi) is 5.38. The van der Waals surface area contributed by atoms with Crippen molar-refractivity contribution in [1.82, 2.24) is 0 Å². The van der Waals surface area contributed by atoms with Gasteiger partial charge >= 0.3 is 0 Å². The largest absolute Gasteiger partial charge is 0.370 e. The molecule has 0 bridgehead atoms. The number of morpholine rings is 1. The summed E-state index contributed by atoms with van der Waals surface area (Å²) >= 11 is 5.98. The summed E-state index contributed by atoms with van der Waals surface area (Å²) in [5, 5.41) is 2.64. The Hall–Kier alpha value is -0.680. The van der Waals surface area contributed by atoms with E-state index in [1.54, 1.807) is 17.0 Å². The van der Waals surface area contributed by atoms with E-state index >= 15 is 0 Å². The van der Waals surface area contributed by atoms with Crippen molar-refractivity contribution in [3.8, 4) is 0 Å². The number of benzene rings is 1. The van der Waals surface area contributed by atoms with Gasteiger partial charge in [0.15, 0.2) is 0 Å². The van der Waals surface area contributed by atoms with Gasteiger partial charge in [-0.15, -0.1) is 0 Å². The normalized spacial score (nSPS) is 17.0. The Morgan fingerprint density at radius 3 is 2.83 bits per heavy atom. The van der Waals surface area contributed by atoms with Gasteiger partial charge in [-0.1, -0.05) is 17.7 Å². The molecule has 1 aliphatic rings. The lowest BCUT2D eigenvalue weighted by Crippen LogP contribution is -3.16. The highest BCUT2D eigenvalue weighted by atomic mass is 35.5. The molecule has 5 heteroatoms. The van der Waals surface area contributed by atoms with Crippen molar-refractivity contribution in [2.24, 2.45) is 0 Å².